The van der Waals surface area contributed by atoms with Gasteiger partial charge in [-0.3, -0.25) is 4.79 Å². The van der Waals surface area contributed by atoms with Crippen LogP contribution in [0.5, 0.6) is 5.75 Å². The van der Waals surface area contributed by atoms with Gasteiger partial charge in [-0.05, 0) is 44.2 Å². The lowest BCUT2D eigenvalue weighted by Gasteiger charge is -2.20. The van der Waals surface area contributed by atoms with Gasteiger partial charge in [0.1, 0.15) is 5.75 Å². The first-order valence-electron chi connectivity index (χ1n) is 8.24. The van der Waals surface area contributed by atoms with Gasteiger partial charge in [0.05, 0.1) is 11.5 Å². The number of halogens is 1. The third kappa shape index (κ3) is 6.81. The van der Waals surface area contributed by atoms with Crippen molar-refractivity contribution in [2.24, 2.45) is 0 Å². The van der Waals surface area contributed by atoms with Gasteiger partial charge in [-0.25, -0.2) is 13.1 Å². The minimum absolute atomic E-state index is 0. The van der Waals surface area contributed by atoms with Crippen LogP contribution in [0.15, 0.2) is 29.2 Å². The maximum Gasteiger partial charge on any atom is 0.240 e. The molecule has 2 rings (SSSR count). The van der Waals surface area contributed by atoms with Crippen molar-refractivity contribution in [1.82, 2.24) is 14.9 Å². The lowest BCUT2D eigenvalue weighted by Crippen LogP contribution is -2.36. The van der Waals surface area contributed by atoms with Gasteiger partial charge in [-0.15, -0.1) is 12.4 Å². The molecule has 1 amide bonds. The van der Waals surface area contributed by atoms with Crippen LogP contribution in [-0.4, -0.2) is 58.6 Å². The summed E-state index contributed by atoms with van der Waals surface area (Å²) in [4.78, 5) is 14.1. The van der Waals surface area contributed by atoms with E-state index in [-0.39, 0.29) is 36.2 Å². The third-order valence-electron chi connectivity index (χ3n) is 3.77. The van der Waals surface area contributed by atoms with E-state index in [1.54, 1.807) is 17.0 Å². The van der Waals surface area contributed by atoms with Gasteiger partial charge >= 0.3 is 0 Å². The number of sulfonamides is 1. The molecule has 25 heavy (non-hydrogen) atoms. The van der Waals surface area contributed by atoms with Crippen molar-refractivity contribution in [3.05, 3.63) is 24.3 Å². The highest BCUT2D eigenvalue weighted by atomic mass is 35.5. The average Bonchev–Trinajstić information content (AvgIpc) is 2.85. The number of hydrogen-bond acceptors (Lipinski definition) is 5. The molecule has 142 valence electrons. The first-order chi connectivity index (χ1) is 11.5. The van der Waals surface area contributed by atoms with E-state index in [1.807, 2.05) is 6.92 Å². The summed E-state index contributed by atoms with van der Waals surface area (Å²) in [5.41, 5.74) is 0. The van der Waals surface area contributed by atoms with Gasteiger partial charge < -0.3 is 15.0 Å². The fourth-order valence-corrected chi connectivity index (χ4v) is 3.54. The first-order valence-corrected chi connectivity index (χ1v) is 9.72. The molecule has 1 heterocycles. The Labute approximate surface area is 155 Å². The quantitative estimate of drug-likeness (QED) is 0.724. The molecule has 2 N–H and O–H groups in total. The van der Waals surface area contributed by atoms with Crippen molar-refractivity contribution in [1.29, 1.82) is 0 Å². The van der Waals surface area contributed by atoms with E-state index in [9.17, 15) is 13.2 Å². The van der Waals surface area contributed by atoms with Crippen molar-refractivity contribution in [3.63, 3.8) is 0 Å². The lowest BCUT2D eigenvalue weighted by molar-refractivity contribution is -0.130. The number of nitrogens with zero attached hydrogens (tertiary/aromatic N) is 1. The normalized spacial score (nSPS) is 15.2. The highest BCUT2D eigenvalue weighted by molar-refractivity contribution is 7.89. The molecule has 0 aromatic heterocycles. The molecule has 0 bridgehead atoms. The van der Waals surface area contributed by atoms with Gasteiger partial charge in [0.2, 0.25) is 15.9 Å². The van der Waals surface area contributed by atoms with E-state index in [0.29, 0.717) is 18.9 Å². The first kappa shape index (κ1) is 21.7. The van der Waals surface area contributed by atoms with Crippen LogP contribution < -0.4 is 14.8 Å². The van der Waals surface area contributed by atoms with Gasteiger partial charge in [-0.2, -0.15) is 0 Å². The van der Waals surface area contributed by atoms with Crippen LogP contribution in [0.2, 0.25) is 0 Å². The van der Waals surface area contributed by atoms with E-state index in [0.717, 1.165) is 26.1 Å². The van der Waals surface area contributed by atoms with Crippen molar-refractivity contribution in [2.45, 2.75) is 24.7 Å². The van der Waals surface area contributed by atoms with Crippen LogP contribution in [0.3, 0.4) is 0 Å². The van der Waals surface area contributed by atoms with Crippen molar-refractivity contribution in [2.75, 3.05) is 39.3 Å². The molecule has 1 aromatic rings. The molecule has 0 saturated carbocycles. The Morgan fingerprint density at radius 1 is 1.24 bits per heavy atom. The monoisotopic (exact) mass is 391 g/mol. The minimum Gasteiger partial charge on any atom is -0.494 e. The van der Waals surface area contributed by atoms with Crippen LogP contribution in [-0.2, 0) is 14.8 Å². The van der Waals surface area contributed by atoms with Crippen LogP contribution in [0.4, 0.5) is 0 Å². The van der Waals surface area contributed by atoms with Crippen molar-refractivity contribution < 1.29 is 17.9 Å². The van der Waals surface area contributed by atoms with E-state index < -0.39 is 10.0 Å². The standard InChI is InChI=1S/C16H25N3O4S.ClH/c1-2-23-14-4-6-15(7-5-14)24(21,22)18-10-8-16(20)19-12-3-9-17-11-13-19;/h4-7,17-18H,2-3,8-13H2,1H3;1H. The molecule has 0 radical (unpaired) electrons. The number of carbonyl (C=O) groups is 1. The van der Waals surface area contributed by atoms with E-state index >= 15 is 0 Å². The predicted octanol–water partition coefficient (Wildman–Crippen LogP) is 0.997. The SMILES string of the molecule is CCOc1ccc(S(=O)(=O)NCCC(=O)N2CCCNCC2)cc1.Cl. The Bertz CT molecular complexity index is 629. The fourth-order valence-electron chi connectivity index (χ4n) is 2.51. The Morgan fingerprint density at radius 2 is 1.96 bits per heavy atom. The molecule has 7 nitrogen and oxygen atoms in total. The molecular formula is C16H26ClN3O4S. The summed E-state index contributed by atoms with van der Waals surface area (Å²) in [5, 5.41) is 3.23. The molecule has 1 aliphatic rings. The fraction of sp³-hybridized carbons (Fsp3) is 0.562. The molecule has 0 spiro atoms. The summed E-state index contributed by atoms with van der Waals surface area (Å²) in [5.74, 6) is 0.606. The van der Waals surface area contributed by atoms with E-state index in [4.69, 9.17) is 4.74 Å². The van der Waals surface area contributed by atoms with Crippen LogP contribution >= 0.6 is 12.4 Å². The van der Waals surface area contributed by atoms with Gasteiger partial charge in [0, 0.05) is 32.6 Å². The highest BCUT2D eigenvalue weighted by Gasteiger charge is 2.17. The number of nitrogens with one attached hydrogen (secondary N) is 2. The van der Waals surface area contributed by atoms with E-state index in [2.05, 4.69) is 10.0 Å². The summed E-state index contributed by atoms with van der Waals surface area (Å²) < 4.78 is 32.2. The van der Waals surface area contributed by atoms with Gasteiger partial charge in [0.25, 0.3) is 0 Å². The molecule has 0 aliphatic carbocycles. The van der Waals surface area contributed by atoms with Crippen LogP contribution in [0, 0.1) is 0 Å². The Balaban J connectivity index is 0.00000312. The molecule has 1 fully saturated rings. The minimum atomic E-state index is -3.61. The zero-order valence-corrected chi connectivity index (χ0v) is 16.0. The molecular weight excluding hydrogens is 366 g/mol. The second-order valence-electron chi connectivity index (χ2n) is 5.54. The number of benzene rings is 1. The van der Waals surface area contributed by atoms with Crippen molar-refractivity contribution >= 4 is 28.3 Å². The number of amides is 1. The highest BCUT2D eigenvalue weighted by Crippen LogP contribution is 2.15. The van der Waals surface area contributed by atoms with Crippen LogP contribution in [0.1, 0.15) is 19.8 Å². The lowest BCUT2D eigenvalue weighted by atomic mass is 10.3. The second-order valence-corrected chi connectivity index (χ2v) is 7.30. The molecule has 1 aromatic carbocycles. The van der Waals surface area contributed by atoms with E-state index in [1.165, 1.54) is 12.1 Å². The second kappa shape index (κ2) is 10.6. The summed E-state index contributed by atoms with van der Waals surface area (Å²) in [7, 11) is -3.61. The molecule has 1 saturated heterocycles. The number of ether oxygens (including phenoxy) is 1. The zero-order chi connectivity index (χ0) is 17.4. The molecule has 1 aliphatic heterocycles. The number of rotatable bonds is 7. The molecule has 0 unspecified atom stereocenters. The number of carbonyl (C=O) groups excluding carboxylic acids is 1. The summed E-state index contributed by atoms with van der Waals surface area (Å²) in [6.07, 6.45) is 1.08. The number of hydrogen-bond donors (Lipinski definition) is 2. The van der Waals surface area contributed by atoms with Gasteiger partial charge in [-0.1, -0.05) is 0 Å². The summed E-state index contributed by atoms with van der Waals surface area (Å²) in [6.45, 7) is 5.57. The predicted molar refractivity (Wildman–Crippen MR) is 98.7 cm³/mol. The Kier molecular flexibility index (Phi) is 9.20. The zero-order valence-electron chi connectivity index (χ0n) is 14.4. The topological polar surface area (TPSA) is 87.7 Å². The van der Waals surface area contributed by atoms with Crippen molar-refractivity contribution in [3.8, 4) is 5.75 Å². The summed E-state index contributed by atoms with van der Waals surface area (Å²) in [6, 6.07) is 6.23. The Morgan fingerprint density at radius 3 is 2.64 bits per heavy atom. The summed E-state index contributed by atoms with van der Waals surface area (Å²) >= 11 is 0. The molecule has 0 atom stereocenters. The average molecular weight is 392 g/mol. The van der Waals surface area contributed by atoms with Gasteiger partial charge in [0.15, 0.2) is 0 Å². The largest absolute Gasteiger partial charge is 0.494 e. The van der Waals surface area contributed by atoms with Crippen LogP contribution in [0.25, 0.3) is 0 Å². The molecule has 9 heteroatoms. The maximum absolute atomic E-state index is 12.2. The Hall–Kier alpha value is -1.35. The third-order valence-corrected chi connectivity index (χ3v) is 5.25. The smallest absolute Gasteiger partial charge is 0.240 e. The maximum atomic E-state index is 12.2.